The number of ether oxygens (including phenoxy) is 1. The Kier molecular flexibility index (Phi) is 10.7. The van der Waals surface area contributed by atoms with E-state index in [-0.39, 0.29) is 23.4 Å². The number of hydrogen-bond acceptors (Lipinski definition) is 5. The van der Waals surface area contributed by atoms with E-state index in [0.717, 1.165) is 64.3 Å². The van der Waals surface area contributed by atoms with E-state index in [1.807, 2.05) is 11.8 Å². The largest absolute Gasteiger partial charge is 0.450 e. The fourth-order valence-electron chi connectivity index (χ4n) is 4.96. The third-order valence-electron chi connectivity index (χ3n) is 6.92. The summed E-state index contributed by atoms with van der Waals surface area (Å²) in [4.78, 5) is 28.1. The molecular weight excluding hydrogens is 424 g/mol. The highest BCUT2D eigenvalue weighted by Gasteiger charge is 2.41. The first-order valence-corrected chi connectivity index (χ1v) is 12.9. The molecule has 2 rings (SSSR count). The molecule has 1 saturated carbocycles. The molecule has 0 spiro atoms. The van der Waals surface area contributed by atoms with Crippen LogP contribution in [0.2, 0.25) is 0 Å². The number of carbonyl (C=O) groups is 2. The molecule has 0 unspecified atom stereocenters. The van der Waals surface area contributed by atoms with Gasteiger partial charge in [0, 0.05) is 19.1 Å². The molecule has 4 N–H and O–H groups in total. The third-order valence-corrected chi connectivity index (χ3v) is 7.39. The molecule has 2 aliphatic rings. The van der Waals surface area contributed by atoms with Gasteiger partial charge in [-0.3, -0.25) is 4.79 Å². The number of hydrogen-bond donors (Lipinski definition) is 3. The summed E-state index contributed by atoms with van der Waals surface area (Å²) in [5.74, 6) is 0.548. The number of alkyl carbamates (subject to hydrolysis) is 1. The molecule has 1 heterocycles. The zero-order valence-corrected chi connectivity index (χ0v) is 21.3. The van der Waals surface area contributed by atoms with Gasteiger partial charge in [-0.2, -0.15) is 0 Å². The van der Waals surface area contributed by atoms with Crippen LogP contribution < -0.4 is 16.4 Å². The second kappa shape index (κ2) is 12.7. The molecule has 8 heteroatoms. The summed E-state index contributed by atoms with van der Waals surface area (Å²) in [6, 6.07) is -0.332. The lowest BCUT2D eigenvalue weighted by Crippen LogP contribution is -2.57. The van der Waals surface area contributed by atoms with E-state index < -0.39 is 6.09 Å². The monoisotopic (exact) mass is 468 g/mol. The quantitative estimate of drug-likeness (QED) is 0.423. The second-order valence-electron chi connectivity index (χ2n) is 10.2. The van der Waals surface area contributed by atoms with Crippen LogP contribution in [-0.4, -0.2) is 59.7 Å². The van der Waals surface area contributed by atoms with E-state index >= 15 is 0 Å². The van der Waals surface area contributed by atoms with E-state index in [2.05, 4.69) is 31.4 Å². The van der Waals surface area contributed by atoms with Gasteiger partial charge < -0.3 is 26.0 Å². The number of likely N-dealkylation sites (tertiary alicyclic amines) is 1. The second-order valence-corrected chi connectivity index (χ2v) is 10.6. The smallest absolute Gasteiger partial charge is 0.407 e. The molecule has 0 radical (unpaired) electrons. The SMILES string of the molecule is CCCOC(=O)N[C@H](C(=S)N1CCC[C@H]1C(=O)NCC1CCC(N)CC1)C(C)(C)CCC. The number of thiocarbonyl (C=S) groups is 1. The van der Waals surface area contributed by atoms with Gasteiger partial charge in [-0.05, 0) is 62.7 Å². The van der Waals surface area contributed by atoms with Crippen molar-refractivity contribution >= 4 is 29.2 Å². The maximum Gasteiger partial charge on any atom is 0.407 e. The average Bonchev–Trinajstić information content (AvgIpc) is 3.25. The van der Waals surface area contributed by atoms with Crippen LogP contribution in [0.1, 0.15) is 85.5 Å². The number of amides is 2. The topological polar surface area (TPSA) is 96.7 Å². The van der Waals surface area contributed by atoms with Gasteiger partial charge in [0.2, 0.25) is 5.91 Å². The van der Waals surface area contributed by atoms with Crippen LogP contribution in [-0.2, 0) is 9.53 Å². The molecule has 0 aromatic carbocycles. The molecule has 1 aliphatic heterocycles. The predicted molar refractivity (Wildman–Crippen MR) is 133 cm³/mol. The summed E-state index contributed by atoms with van der Waals surface area (Å²) in [5, 5.41) is 6.19. The van der Waals surface area contributed by atoms with Gasteiger partial charge in [0.25, 0.3) is 0 Å². The molecule has 2 amide bonds. The highest BCUT2D eigenvalue weighted by atomic mass is 32.1. The van der Waals surface area contributed by atoms with Crippen molar-refractivity contribution in [1.29, 1.82) is 0 Å². The Hall–Kier alpha value is -1.41. The Balaban J connectivity index is 2.04. The lowest BCUT2D eigenvalue weighted by molar-refractivity contribution is -0.124. The summed E-state index contributed by atoms with van der Waals surface area (Å²) in [6.07, 6.45) is 8.12. The van der Waals surface area contributed by atoms with E-state index in [0.29, 0.717) is 30.1 Å². The summed E-state index contributed by atoms with van der Waals surface area (Å²) < 4.78 is 5.28. The Morgan fingerprint density at radius 1 is 1.16 bits per heavy atom. The maximum atomic E-state index is 13.1. The van der Waals surface area contributed by atoms with Crippen LogP contribution in [0.15, 0.2) is 0 Å². The van der Waals surface area contributed by atoms with E-state index in [1.165, 1.54) is 0 Å². The zero-order chi connectivity index (χ0) is 23.7. The number of nitrogens with one attached hydrogen (secondary N) is 2. The highest BCUT2D eigenvalue weighted by molar-refractivity contribution is 7.80. The molecule has 0 aromatic heterocycles. The molecule has 32 heavy (non-hydrogen) atoms. The lowest BCUT2D eigenvalue weighted by Gasteiger charge is -2.39. The molecule has 184 valence electrons. The van der Waals surface area contributed by atoms with E-state index in [1.54, 1.807) is 0 Å². The number of nitrogens with zero attached hydrogens (tertiary/aromatic N) is 1. The minimum Gasteiger partial charge on any atom is -0.450 e. The van der Waals surface area contributed by atoms with Crippen molar-refractivity contribution in [2.45, 2.75) is 104 Å². The van der Waals surface area contributed by atoms with Gasteiger partial charge in [-0.15, -0.1) is 0 Å². The van der Waals surface area contributed by atoms with Crippen molar-refractivity contribution in [1.82, 2.24) is 15.5 Å². The summed E-state index contributed by atoms with van der Waals surface area (Å²) in [5.41, 5.74) is 5.75. The predicted octanol–water partition coefficient (Wildman–Crippen LogP) is 3.74. The molecule has 2 atom stereocenters. The van der Waals surface area contributed by atoms with Gasteiger partial charge >= 0.3 is 6.09 Å². The minimum absolute atomic E-state index is 0.0420. The zero-order valence-electron chi connectivity index (χ0n) is 20.5. The van der Waals surface area contributed by atoms with Crippen LogP contribution in [0.3, 0.4) is 0 Å². The van der Waals surface area contributed by atoms with E-state index in [9.17, 15) is 9.59 Å². The van der Waals surface area contributed by atoms with Crippen molar-refractivity contribution in [2.75, 3.05) is 19.7 Å². The van der Waals surface area contributed by atoms with Gasteiger partial charge in [0.05, 0.1) is 12.6 Å². The lowest BCUT2D eigenvalue weighted by atomic mass is 9.79. The molecule has 2 fully saturated rings. The number of nitrogens with two attached hydrogens (primary N) is 1. The molecular formula is C24H44N4O3S. The van der Waals surface area contributed by atoms with Crippen molar-refractivity contribution in [3.05, 3.63) is 0 Å². The number of carbonyl (C=O) groups excluding carboxylic acids is 2. The van der Waals surface area contributed by atoms with Gasteiger partial charge in [-0.1, -0.05) is 46.3 Å². The molecule has 0 aromatic rings. The van der Waals surface area contributed by atoms with Gasteiger partial charge in [0.1, 0.15) is 11.0 Å². The Morgan fingerprint density at radius 2 is 1.84 bits per heavy atom. The molecule has 1 aliphatic carbocycles. The van der Waals surface area contributed by atoms with E-state index in [4.69, 9.17) is 22.7 Å². The van der Waals surface area contributed by atoms with Crippen molar-refractivity contribution in [3.8, 4) is 0 Å². The first-order chi connectivity index (χ1) is 15.2. The Labute approximate surface area is 199 Å². The van der Waals surface area contributed by atoms with Crippen molar-refractivity contribution in [2.24, 2.45) is 17.1 Å². The van der Waals surface area contributed by atoms with Crippen molar-refractivity contribution < 1.29 is 14.3 Å². The van der Waals surface area contributed by atoms with Gasteiger partial charge in [0.15, 0.2) is 0 Å². The van der Waals surface area contributed by atoms with Gasteiger partial charge in [-0.25, -0.2) is 4.79 Å². The minimum atomic E-state index is -0.445. The Morgan fingerprint density at radius 3 is 2.47 bits per heavy atom. The fraction of sp³-hybridized carbons (Fsp3) is 0.875. The van der Waals surface area contributed by atoms with Crippen LogP contribution in [0.5, 0.6) is 0 Å². The first kappa shape index (κ1) is 26.8. The normalized spacial score (nSPS) is 24.7. The molecule has 0 bridgehead atoms. The van der Waals surface area contributed by atoms with Crippen LogP contribution in [0.25, 0.3) is 0 Å². The standard InChI is InChI=1S/C24H44N4O3S/c1-5-13-24(3,4)20(27-23(30)31-15-6-2)22(32)28-14-7-8-19(28)21(29)26-16-17-9-11-18(25)12-10-17/h17-20H,5-16,25H2,1-4H3,(H,26,29)(H,27,30)/t17?,18?,19-,20+/m0/s1. The number of rotatable bonds is 10. The first-order valence-electron chi connectivity index (χ1n) is 12.5. The average molecular weight is 469 g/mol. The highest BCUT2D eigenvalue weighted by Crippen LogP contribution is 2.31. The van der Waals surface area contributed by atoms with Crippen molar-refractivity contribution in [3.63, 3.8) is 0 Å². The maximum absolute atomic E-state index is 13.1. The van der Waals surface area contributed by atoms with Crippen LogP contribution >= 0.6 is 12.2 Å². The molecule has 7 nitrogen and oxygen atoms in total. The summed E-state index contributed by atoms with van der Waals surface area (Å²) >= 11 is 5.91. The molecule has 1 saturated heterocycles. The summed E-state index contributed by atoms with van der Waals surface area (Å²) in [7, 11) is 0. The summed E-state index contributed by atoms with van der Waals surface area (Å²) in [6.45, 7) is 10.1. The van der Waals surface area contributed by atoms with Crippen LogP contribution in [0, 0.1) is 11.3 Å². The Bertz CT molecular complexity index is 635. The fourth-order valence-corrected chi connectivity index (χ4v) is 5.55. The van der Waals surface area contributed by atoms with Crippen LogP contribution in [0.4, 0.5) is 4.79 Å². The third kappa shape index (κ3) is 7.58.